The first kappa shape index (κ1) is 18.8. The smallest absolute Gasteiger partial charge is 0.241 e. The molecule has 1 fully saturated rings. The molecule has 1 saturated heterocycles. The molecule has 0 radical (unpaired) electrons. The first-order chi connectivity index (χ1) is 11.6. The summed E-state index contributed by atoms with van der Waals surface area (Å²) in [6.07, 6.45) is 5.95. The van der Waals surface area contributed by atoms with Crippen LogP contribution in [-0.4, -0.2) is 43.7 Å². The van der Waals surface area contributed by atoms with E-state index in [0.29, 0.717) is 0 Å². The summed E-state index contributed by atoms with van der Waals surface area (Å²) in [4.78, 5) is 14.7. The van der Waals surface area contributed by atoms with Crippen LogP contribution in [0.5, 0.6) is 0 Å². The van der Waals surface area contributed by atoms with Gasteiger partial charge in [-0.25, -0.2) is 8.78 Å². The SMILES string of the molecule is COCCCCCN1CCCCC1C(=O)Nc1cc(F)cc(F)c1. The lowest BCUT2D eigenvalue weighted by atomic mass is 10.0. The summed E-state index contributed by atoms with van der Waals surface area (Å²) in [5.74, 6) is -1.57. The Kier molecular flexibility index (Phi) is 7.59. The quantitative estimate of drug-likeness (QED) is 0.736. The first-order valence-electron chi connectivity index (χ1n) is 8.60. The van der Waals surface area contributed by atoms with Crippen molar-refractivity contribution >= 4 is 11.6 Å². The molecule has 1 aromatic carbocycles. The minimum Gasteiger partial charge on any atom is -0.385 e. The fourth-order valence-corrected chi connectivity index (χ4v) is 3.15. The van der Waals surface area contributed by atoms with Crippen molar-refractivity contribution in [2.24, 2.45) is 0 Å². The molecule has 1 aliphatic rings. The van der Waals surface area contributed by atoms with Gasteiger partial charge in [-0.05, 0) is 57.3 Å². The normalized spacial score (nSPS) is 18.5. The van der Waals surface area contributed by atoms with E-state index in [4.69, 9.17) is 4.74 Å². The second-order valence-corrected chi connectivity index (χ2v) is 6.25. The van der Waals surface area contributed by atoms with E-state index in [-0.39, 0.29) is 17.6 Å². The highest BCUT2D eigenvalue weighted by molar-refractivity contribution is 5.94. The third kappa shape index (κ3) is 5.83. The van der Waals surface area contributed by atoms with Crippen molar-refractivity contribution in [3.05, 3.63) is 29.8 Å². The van der Waals surface area contributed by atoms with Gasteiger partial charge in [0.2, 0.25) is 5.91 Å². The molecular formula is C18H26F2N2O2. The molecule has 1 amide bonds. The maximum atomic E-state index is 13.3. The average molecular weight is 340 g/mol. The maximum absolute atomic E-state index is 13.3. The number of hydrogen-bond donors (Lipinski definition) is 1. The second-order valence-electron chi connectivity index (χ2n) is 6.25. The molecule has 24 heavy (non-hydrogen) atoms. The first-order valence-corrected chi connectivity index (χ1v) is 8.60. The van der Waals surface area contributed by atoms with Crippen LogP contribution in [0, 0.1) is 11.6 Å². The Hall–Kier alpha value is -1.53. The van der Waals surface area contributed by atoms with E-state index in [1.807, 2.05) is 0 Å². The van der Waals surface area contributed by atoms with Crippen molar-refractivity contribution in [1.29, 1.82) is 0 Å². The minimum atomic E-state index is -0.691. The van der Waals surface area contributed by atoms with Crippen LogP contribution in [0.3, 0.4) is 0 Å². The zero-order valence-corrected chi connectivity index (χ0v) is 14.2. The third-order valence-electron chi connectivity index (χ3n) is 4.34. The number of likely N-dealkylation sites (tertiary alicyclic amines) is 1. The predicted molar refractivity (Wildman–Crippen MR) is 89.9 cm³/mol. The van der Waals surface area contributed by atoms with E-state index in [1.54, 1.807) is 7.11 Å². The Labute approximate surface area is 142 Å². The highest BCUT2D eigenvalue weighted by Gasteiger charge is 2.28. The highest BCUT2D eigenvalue weighted by atomic mass is 19.1. The molecule has 1 N–H and O–H groups in total. The monoisotopic (exact) mass is 340 g/mol. The Balaban J connectivity index is 1.89. The maximum Gasteiger partial charge on any atom is 0.241 e. The van der Waals surface area contributed by atoms with Gasteiger partial charge in [-0.15, -0.1) is 0 Å². The molecule has 0 bridgehead atoms. The van der Waals surface area contributed by atoms with Crippen LogP contribution in [0.4, 0.5) is 14.5 Å². The molecule has 1 aliphatic heterocycles. The molecule has 1 atom stereocenters. The Morgan fingerprint density at radius 3 is 2.67 bits per heavy atom. The number of unbranched alkanes of at least 4 members (excludes halogenated alkanes) is 2. The zero-order chi connectivity index (χ0) is 17.4. The van der Waals surface area contributed by atoms with Gasteiger partial charge < -0.3 is 10.1 Å². The molecule has 1 aromatic rings. The van der Waals surface area contributed by atoms with E-state index >= 15 is 0 Å². The van der Waals surface area contributed by atoms with Crippen molar-refractivity contribution in [1.82, 2.24) is 4.90 Å². The second kappa shape index (κ2) is 9.69. The molecule has 0 aliphatic carbocycles. The number of halogens is 2. The molecule has 1 unspecified atom stereocenters. The Morgan fingerprint density at radius 1 is 1.21 bits per heavy atom. The van der Waals surface area contributed by atoms with Gasteiger partial charge in [-0.2, -0.15) is 0 Å². The van der Waals surface area contributed by atoms with Gasteiger partial charge in [0, 0.05) is 25.5 Å². The van der Waals surface area contributed by atoms with Crippen molar-refractivity contribution in [2.45, 2.75) is 44.6 Å². The van der Waals surface area contributed by atoms with E-state index in [9.17, 15) is 13.6 Å². The summed E-state index contributed by atoms with van der Waals surface area (Å²) < 4.78 is 31.5. The van der Waals surface area contributed by atoms with Crippen molar-refractivity contribution in [2.75, 3.05) is 32.1 Å². The topological polar surface area (TPSA) is 41.6 Å². The predicted octanol–water partition coefficient (Wildman–Crippen LogP) is 3.57. The Bertz CT molecular complexity index is 520. The lowest BCUT2D eigenvalue weighted by molar-refractivity contribution is -0.122. The Morgan fingerprint density at radius 2 is 1.96 bits per heavy atom. The van der Waals surface area contributed by atoms with Crippen LogP contribution in [0.25, 0.3) is 0 Å². The summed E-state index contributed by atoms with van der Waals surface area (Å²) >= 11 is 0. The number of hydrogen-bond acceptors (Lipinski definition) is 3. The number of carbonyl (C=O) groups is 1. The molecule has 2 rings (SSSR count). The van der Waals surface area contributed by atoms with Gasteiger partial charge in [-0.3, -0.25) is 9.69 Å². The number of nitrogens with zero attached hydrogens (tertiary/aromatic N) is 1. The molecule has 0 spiro atoms. The number of amides is 1. The fourth-order valence-electron chi connectivity index (χ4n) is 3.15. The number of piperidine rings is 1. The summed E-state index contributed by atoms with van der Waals surface area (Å²) in [6.45, 7) is 2.51. The number of nitrogens with one attached hydrogen (secondary N) is 1. The van der Waals surface area contributed by atoms with Gasteiger partial charge in [0.05, 0.1) is 6.04 Å². The van der Waals surface area contributed by atoms with E-state index in [2.05, 4.69) is 10.2 Å². The summed E-state index contributed by atoms with van der Waals surface area (Å²) in [7, 11) is 1.69. The van der Waals surface area contributed by atoms with Crippen molar-refractivity contribution in [3.63, 3.8) is 0 Å². The van der Waals surface area contributed by atoms with Crippen molar-refractivity contribution < 1.29 is 18.3 Å². The van der Waals surface area contributed by atoms with Crippen LogP contribution >= 0.6 is 0 Å². The van der Waals surface area contributed by atoms with Crippen LogP contribution in [-0.2, 0) is 9.53 Å². The lowest BCUT2D eigenvalue weighted by Crippen LogP contribution is -2.47. The molecule has 4 nitrogen and oxygen atoms in total. The molecule has 134 valence electrons. The van der Waals surface area contributed by atoms with Gasteiger partial charge in [0.1, 0.15) is 11.6 Å². The molecule has 6 heteroatoms. The van der Waals surface area contributed by atoms with Crippen LogP contribution in [0.15, 0.2) is 18.2 Å². The van der Waals surface area contributed by atoms with Crippen LogP contribution in [0.1, 0.15) is 38.5 Å². The summed E-state index contributed by atoms with van der Waals surface area (Å²) in [6, 6.07) is 2.84. The van der Waals surface area contributed by atoms with Crippen LogP contribution < -0.4 is 5.32 Å². The molecule has 0 aromatic heterocycles. The van der Waals surface area contributed by atoms with E-state index in [1.165, 1.54) is 0 Å². The number of benzene rings is 1. The molecule has 0 saturated carbocycles. The zero-order valence-electron chi connectivity index (χ0n) is 14.2. The largest absolute Gasteiger partial charge is 0.385 e. The number of ether oxygens (including phenoxy) is 1. The standard InChI is InChI=1S/C18H26F2N2O2/c1-24-10-6-2-4-8-22-9-5-3-7-17(22)18(23)21-16-12-14(19)11-15(20)13-16/h11-13,17H,2-10H2,1H3,(H,21,23). The fraction of sp³-hybridized carbons (Fsp3) is 0.611. The number of rotatable bonds is 8. The number of methoxy groups -OCH3 is 1. The number of carbonyl (C=O) groups excluding carboxylic acids is 1. The third-order valence-corrected chi connectivity index (χ3v) is 4.34. The van der Waals surface area contributed by atoms with Gasteiger partial charge >= 0.3 is 0 Å². The highest BCUT2D eigenvalue weighted by Crippen LogP contribution is 2.20. The molecular weight excluding hydrogens is 314 g/mol. The summed E-state index contributed by atoms with van der Waals surface area (Å²) in [5, 5.41) is 2.65. The lowest BCUT2D eigenvalue weighted by Gasteiger charge is -2.34. The number of anilines is 1. The van der Waals surface area contributed by atoms with E-state index in [0.717, 1.165) is 76.4 Å². The van der Waals surface area contributed by atoms with Gasteiger partial charge in [0.15, 0.2) is 0 Å². The molecule has 1 heterocycles. The van der Waals surface area contributed by atoms with Crippen molar-refractivity contribution in [3.8, 4) is 0 Å². The minimum absolute atomic E-state index is 0.170. The summed E-state index contributed by atoms with van der Waals surface area (Å²) in [5.41, 5.74) is 0.170. The van der Waals surface area contributed by atoms with E-state index < -0.39 is 11.6 Å². The van der Waals surface area contributed by atoms with Crippen LogP contribution in [0.2, 0.25) is 0 Å². The van der Waals surface area contributed by atoms with Gasteiger partial charge in [-0.1, -0.05) is 6.42 Å². The van der Waals surface area contributed by atoms with Gasteiger partial charge in [0.25, 0.3) is 0 Å². The average Bonchev–Trinajstić information content (AvgIpc) is 2.54.